The number of anilines is 1. The molecule has 0 bridgehead atoms. The topological polar surface area (TPSA) is 112 Å². The normalized spacial score (nSPS) is 16.1. The molecule has 19 heavy (non-hydrogen) atoms. The van der Waals surface area contributed by atoms with Gasteiger partial charge in [0.1, 0.15) is 18.0 Å². The van der Waals surface area contributed by atoms with Crippen molar-refractivity contribution in [2.45, 2.75) is 18.9 Å². The highest BCUT2D eigenvalue weighted by atomic mass is 16.6. The minimum atomic E-state index is -0.786. The number of amides is 1. The molecule has 0 unspecified atom stereocenters. The Bertz CT molecular complexity index is 485. The first-order chi connectivity index (χ1) is 9.08. The number of aromatic nitrogens is 1. The van der Waals surface area contributed by atoms with Crippen LogP contribution in [0.25, 0.3) is 0 Å². The van der Waals surface area contributed by atoms with Gasteiger partial charge in [-0.2, -0.15) is 0 Å². The largest absolute Gasteiger partial charge is 0.446 e. The van der Waals surface area contributed by atoms with Crippen molar-refractivity contribution in [1.29, 1.82) is 0 Å². The second kappa shape index (κ2) is 5.51. The highest BCUT2D eigenvalue weighted by Gasteiger charge is 2.26. The van der Waals surface area contributed by atoms with Gasteiger partial charge in [-0.3, -0.25) is 0 Å². The first-order valence-electron chi connectivity index (χ1n) is 5.88. The van der Waals surface area contributed by atoms with Crippen LogP contribution in [0.15, 0.2) is 18.3 Å². The van der Waals surface area contributed by atoms with E-state index >= 15 is 0 Å². The summed E-state index contributed by atoms with van der Waals surface area (Å²) >= 11 is 0. The number of hydrogen-bond acceptors (Lipinski definition) is 6. The molecule has 0 spiro atoms. The van der Waals surface area contributed by atoms with Gasteiger partial charge in [-0.05, 0) is 22.0 Å². The zero-order valence-corrected chi connectivity index (χ0v) is 10.2. The number of nitrogens with zero attached hydrogens (tertiary/aromatic N) is 3. The Morgan fingerprint density at radius 1 is 1.53 bits per heavy atom. The van der Waals surface area contributed by atoms with E-state index in [-0.39, 0.29) is 11.9 Å². The molecule has 8 nitrogen and oxygen atoms in total. The summed E-state index contributed by atoms with van der Waals surface area (Å²) in [6.45, 7) is 1.12. The first-order valence-corrected chi connectivity index (χ1v) is 5.88. The fraction of sp³-hybridized carbons (Fsp3) is 0.455. The molecule has 1 aliphatic heterocycles. The first kappa shape index (κ1) is 13.1. The van der Waals surface area contributed by atoms with Crippen molar-refractivity contribution < 1.29 is 14.5 Å². The second-order valence-electron chi connectivity index (χ2n) is 4.23. The van der Waals surface area contributed by atoms with Gasteiger partial charge < -0.3 is 25.5 Å². The van der Waals surface area contributed by atoms with Crippen molar-refractivity contribution in [2.24, 2.45) is 5.73 Å². The molecule has 0 aliphatic carbocycles. The molecule has 8 heteroatoms. The van der Waals surface area contributed by atoms with Crippen molar-refractivity contribution in [1.82, 2.24) is 4.98 Å². The molecule has 0 saturated carbocycles. The number of carbonyl (C=O) groups excluding carboxylic acids is 1. The Morgan fingerprint density at radius 3 is 2.79 bits per heavy atom. The van der Waals surface area contributed by atoms with Crippen LogP contribution in [0.4, 0.5) is 16.3 Å². The van der Waals surface area contributed by atoms with E-state index in [9.17, 15) is 14.9 Å². The molecule has 1 saturated heterocycles. The van der Waals surface area contributed by atoms with Crippen molar-refractivity contribution in [3.8, 4) is 0 Å². The molecule has 0 atom stereocenters. The van der Waals surface area contributed by atoms with Crippen LogP contribution in [-0.4, -0.2) is 35.2 Å². The van der Waals surface area contributed by atoms with Gasteiger partial charge in [-0.1, -0.05) is 0 Å². The van der Waals surface area contributed by atoms with E-state index in [4.69, 9.17) is 10.5 Å². The molecule has 0 radical (unpaired) electrons. The highest BCUT2D eigenvalue weighted by molar-refractivity contribution is 5.65. The van der Waals surface area contributed by atoms with Crippen LogP contribution in [-0.2, 0) is 4.74 Å². The zero-order chi connectivity index (χ0) is 13.8. The summed E-state index contributed by atoms with van der Waals surface area (Å²) in [4.78, 5) is 26.7. The Labute approximate surface area is 109 Å². The van der Waals surface area contributed by atoms with Gasteiger partial charge in [-0.25, -0.2) is 4.79 Å². The monoisotopic (exact) mass is 266 g/mol. The van der Waals surface area contributed by atoms with Crippen LogP contribution in [0.3, 0.4) is 0 Å². The van der Waals surface area contributed by atoms with Gasteiger partial charge in [0, 0.05) is 25.9 Å². The van der Waals surface area contributed by atoms with E-state index in [0.29, 0.717) is 31.6 Å². The fourth-order valence-electron chi connectivity index (χ4n) is 2.15. The number of nitrogens with two attached hydrogens (primary N) is 1. The lowest BCUT2D eigenvalue weighted by atomic mass is 10.1. The number of primary amides is 1. The molecule has 2 N–H and O–H groups in total. The third-order valence-electron chi connectivity index (χ3n) is 3.00. The fourth-order valence-corrected chi connectivity index (χ4v) is 2.15. The Kier molecular flexibility index (Phi) is 3.79. The summed E-state index contributed by atoms with van der Waals surface area (Å²) in [7, 11) is 0. The van der Waals surface area contributed by atoms with Gasteiger partial charge in [0.25, 0.3) is 0 Å². The molecule has 2 heterocycles. The molecule has 1 aliphatic rings. The SMILES string of the molecule is NC(=O)OC1CCN(c2cccnc2[N+](=O)[O-])CC1. The Hall–Kier alpha value is -2.38. The number of rotatable bonds is 3. The average molecular weight is 266 g/mol. The summed E-state index contributed by atoms with van der Waals surface area (Å²) in [5.74, 6) is -0.156. The molecule has 1 aromatic rings. The number of carbonyl (C=O) groups is 1. The molecule has 1 aromatic heterocycles. The van der Waals surface area contributed by atoms with Crippen LogP contribution in [0.2, 0.25) is 0 Å². The van der Waals surface area contributed by atoms with Gasteiger partial charge >= 0.3 is 11.9 Å². The maximum atomic E-state index is 10.9. The predicted molar refractivity (Wildman–Crippen MR) is 66.8 cm³/mol. The smallest absolute Gasteiger partial charge is 0.404 e. The highest BCUT2D eigenvalue weighted by Crippen LogP contribution is 2.28. The van der Waals surface area contributed by atoms with E-state index in [1.54, 1.807) is 12.1 Å². The van der Waals surface area contributed by atoms with E-state index in [1.165, 1.54) is 6.20 Å². The number of pyridine rings is 1. The van der Waals surface area contributed by atoms with E-state index in [0.717, 1.165) is 0 Å². The molecule has 1 amide bonds. The third kappa shape index (κ3) is 3.09. The van der Waals surface area contributed by atoms with Crippen molar-refractivity contribution in [3.63, 3.8) is 0 Å². The van der Waals surface area contributed by atoms with Gasteiger partial charge in [0.05, 0.1) is 0 Å². The van der Waals surface area contributed by atoms with Crippen LogP contribution < -0.4 is 10.6 Å². The van der Waals surface area contributed by atoms with E-state index in [1.807, 2.05) is 4.90 Å². The summed E-state index contributed by atoms with van der Waals surface area (Å²) in [5, 5.41) is 10.9. The van der Waals surface area contributed by atoms with Gasteiger partial charge in [0.2, 0.25) is 0 Å². The molecule has 0 aromatic carbocycles. The summed E-state index contributed by atoms with van der Waals surface area (Å²) in [5.41, 5.74) is 5.45. The maximum Gasteiger partial charge on any atom is 0.404 e. The minimum Gasteiger partial charge on any atom is -0.446 e. The predicted octanol–water partition coefficient (Wildman–Crippen LogP) is 1.05. The lowest BCUT2D eigenvalue weighted by Crippen LogP contribution is -2.39. The average Bonchev–Trinajstić information content (AvgIpc) is 2.39. The van der Waals surface area contributed by atoms with Gasteiger partial charge in [-0.15, -0.1) is 0 Å². The lowest BCUT2D eigenvalue weighted by Gasteiger charge is -2.32. The molecule has 1 fully saturated rings. The maximum absolute atomic E-state index is 10.9. The number of nitro groups is 1. The number of hydrogen-bond donors (Lipinski definition) is 1. The van der Waals surface area contributed by atoms with Crippen LogP contribution >= 0.6 is 0 Å². The standard InChI is InChI=1S/C11H14N4O4/c12-11(16)19-8-3-6-14(7-4-8)9-2-1-5-13-10(9)15(17)18/h1-2,5,8H,3-4,6-7H2,(H2,12,16). The van der Waals surface area contributed by atoms with Crippen molar-refractivity contribution in [3.05, 3.63) is 28.4 Å². The Balaban J connectivity index is 2.05. The van der Waals surface area contributed by atoms with Crippen molar-refractivity contribution in [2.75, 3.05) is 18.0 Å². The molecule has 102 valence electrons. The van der Waals surface area contributed by atoms with E-state index in [2.05, 4.69) is 4.98 Å². The molecular formula is C11H14N4O4. The number of ether oxygens (including phenoxy) is 1. The second-order valence-corrected chi connectivity index (χ2v) is 4.23. The summed E-state index contributed by atoms with van der Waals surface area (Å²) < 4.78 is 4.92. The summed E-state index contributed by atoms with van der Waals surface area (Å²) in [6, 6.07) is 3.33. The van der Waals surface area contributed by atoms with Crippen LogP contribution in [0, 0.1) is 10.1 Å². The van der Waals surface area contributed by atoms with Crippen molar-refractivity contribution >= 4 is 17.6 Å². The lowest BCUT2D eigenvalue weighted by molar-refractivity contribution is -0.388. The Morgan fingerprint density at radius 2 is 2.21 bits per heavy atom. The van der Waals surface area contributed by atoms with Crippen LogP contribution in [0.5, 0.6) is 0 Å². The number of piperidine rings is 1. The molecule has 2 rings (SSSR count). The van der Waals surface area contributed by atoms with E-state index < -0.39 is 11.0 Å². The third-order valence-corrected chi connectivity index (χ3v) is 3.00. The minimum absolute atomic E-state index is 0.156. The van der Waals surface area contributed by atoms with Gasteiger partial charge in [0.15, 0.2) is 0 Å². The zero-order valence-electron chi connectivity index (χ0n) is 10.2. The molecular weight excluding hydrogens is 252 g/mol. The van der Waals surface area contributed by atoms with Crippen LogP contribution in [0.1, 0.15) is 12.8 Å². The summed E-state index contributed by atoms with van der Waals surface area (Å²) in [6.07, 6.45) is 1.57. The quantitative estimate of drug-likeness (QED) is 0.646.